The standard InChI is InChI=1S/C17H36N2O/c1-8-19(9-2)11-14(5)18-15-10-16(17(15,6)7)20-12-13(3)4/h13-16,18H,8-12H2,1-7H3. The molecule has 20 heavy (non-hydrogen) atoms. The van der Waals surface area contributed by atoms with Gasteiger partial charge in [0.1, 0.15) is 0 Å². The molecule has 0 aromatic carbocycles. The summed E-state index contributed by atoms with van der Waals surface area (Å²) in [7, 11) is 0. The zero-order chi connectivity index (χ0) is 15.3. The molecule has 0 spiro atoms. The first kappa shape index (κ1) is 17.9. The lowest BCUT2D eigenvalue weighted by atomic mass is 9.64. The smallest absolute Gasteiger partial charge is 0.0656 e. The van der Waals surface area contributed by atoms with E-state index in [1.807, 2.05) is 0 Å². The van der Waals surface area contributed by atoms with E-state index in [1.165, 1.54) is 0 Å². The van der Waals surface area contributed by atoms with Gasteiger partial charge in [0.25, 0.3) is 0 Å². The molecule has 1 aliphatic carbocycles. The van der Waals surface area contributed by atoms with E-state index in [9.17, 15) is 0 Å². The molecule has 0 radical (unpaired) electrons. The van der Waals surface area contributed by atoms with Crippen LogP contribution in [-0.4, -0.2) is 49.3 Å². The van der Waals surface area contributed by atoms with Gasteiger partial charge < -0.3 is 15.0 Å². The number of hydrogen-bond acceptors (Lipinski definition) is 3. The van der Waals surface area contributed by atoms with E-state index in [0.29, 0.717) is 24.1 Å². The molecule has 0 amide bonds. The molecule has 3 atom stereocenters. The first-order valence-corrected chi connectivity index (χ1v) is 8.41. The zero-order valence-electron chi connectivity index (χ0n) is 14.7. The largest absolute Gasteiger partial charge is 0.377 e. The van der Waals surface area contributed by atoms with Crippen LogP contribution in [-0.2, 0) is 4.74 Å². The van der Waals surface area contributed by atoms with Gasteiger partial charge >= 0.3 is 0 Å². The number of ether oxygens (including phenoxy) is 1. The molecule has 3 heteroatoms. The van der Waals surface area contributed by atoms with Gasteiger partial charge in [0, 0.05) is 30.7 Å². The van der Waals surface area contributed by atoms with Crippen molar-refractivity contribution >= 4 is 0 Å². The van der Waals surface area contributed by atoms with E-state index in [2.05, 4.69) is 58.7 Å². The predicted octanol–water partition coefficient (Wildman–Crippen LogP) is 3.15. The van der Waals surface area contributed by atoms with Gasteiger partial charge in [-0.15, -0.1) is 0 Å². The molecule has 0 aliphatic heterocycles. The molecule has 0 bridgehead atoms. The lowest BCUT2D eigenvalue weighted by molar-refractivity contribution is -0.125. The third-order valence-corrected chi connectivity index (χ3v) is 4.72. The summed E-state index contributed by atoms with van der Waals surface area (Å²) >= 11 is 0. The van der Waals surface area contributed by atoms with Gasteiger partial charge in [-0.1, -0.05) is 41.5 Å². The highest BCUT2D eigenvalue weighted by atomic mass is 16.5. The Bertz CT molecular complexity index is 274. The second kappa shape index (κ2) is 7.77. The highest BCUT2D eigenvalue weighted by Gasteiger charge is 2.49. The van der Waals surface area contributed by atoms with Crippen LogP contribution in [0.25, 0.3) is 0 Å². The van der Waals surface area contributed by atoms with Crippen molar-refractivity contribution in [2.24, 2.45) is 11.3 Å². The molecule has 0 aromatic rings. The van der Waals surface area contributed by atoms with E-state index in [0.717, 1.165) is 32.7 Å². The SMILES string of the molecule is CCN(CC)CC(C)NC1CC(OCC(C)C)C1(C)C. The summed E-state index contributed by atoms with van der Waals surface area (Å²) in [6.07, 6.45) is 1.57. The van der Waals surface area contributed by atoms with Gasteiger partial charge in [-0.3, -0.25) is 0 Å². The van der Waals surface area contributed by atoms with Gasteiger partial charge in [-0.25, -0.2) is 0 Å². The highest BCUT2D eigenvalue weighted by molar-refractivity contribution is 5.03. The number of nitrogens with zero attached hydrogens (tertiary/aromatic N) is 1. The van der Waals surface area contributed by atoms with Crippen LogP contribution < -0.4 is 5.32 Å². The van der Waals surface area contributed by atoms with Crippen molar-refractivity contribution in [3.05, 3.63) is 0 Å². The van der Waals surface area contributed by atoms with Crippen LogP contribution >= 0.6 is 0 Å². The van der Waals surface area contributed by atoms with Crippen molar-refractivity contribution in [2.75, 3.05) is 26.2 Å². The topological polar surface area (TPSA) is 24.5 Å². The number of likely N-dealkylation sites (N-methyl/N-ethyl adjacent to an activating group) is 1. The summed E-state index contributed by atoms with van der Waals surface area (Å²) in [6.45, 7) is 20.2. The Hall–Kier alpha value is -0.120. The van der Waals surface area contributed by atoms with Crippen LogP contribution in [0.2, 0.25) is 0 Å². The molecule has 1 aliphatic rings. The minimum absolute atomic E-state index is 0.256. The average molecular weight is 284 g/mol. The summed E-state index contributed by atoms with van der Waals surface area (Å²) in [4.78, 5) is 2.48. The fourth-order valence-corrected chi connectivity index (χ4v) is 3.02. The molecule has 3 unspecified atom stereocenters. The Labute approximate surface area is 126 Å². The Morgan fingerprint density at radius 2 is 1.80 bits per heavy atom. The van der Waals surface area contributed by atoms with Crippen LogP contribution in [0.5, 0.6) is 0 Å². The van der Waals surface area contributed by atoms with Gasteiger partial charge in [0.05, 0.1) is 6.10 Å². The van der Waals surface area contributed by atoms with Gasteiger partial charge in [-0.05, 0) is 32.4 Å². The van der Waals surface area contributed by atoms with E-state index >= 15 is 0 Å². The van der Waals surface area contributed by atoms with E-state index < -0.39 is 0 Å². The van der Waals surface area contributed by atoms with E-state index in [4.69, 9.17) is 4.74 Å². The van der Waals surface area contributed by atoms with Crippen molar-refractivity contribution in [1.29, 1.82) is 0 Å². The van der Waals surface area contributed by atoms with Crippen molar-refractivity contribution in [1.82, 2.24) is 10.2 Å². The zero-order valence-corrected chi connectivity index (χ0v) is 14.7. The van der Waals surface area contributed by atoms with Crippen molar-refractivity contribution in [3.63, 3.8) is 0 Å². The highest BCUT2D eigenvalue weighted by Crippen LogP contribution is 2.43. The van der Waals surface area contributed by atoms with Crippen LogP contribution in [0.4, 0.5) is 0 Å². The van der Waals surface area contributed by atoms with E-state index in [-0.39, 0.29) is 5.41 Å². The molecule has 0 saturated heterocycles. The minimum atomic E-state index is 0.256. The first-order chi connectivity index (χ1) is 9.31. The Balaban J connectivity index is 2.35. The summed E-state index contributed by atoms with van der Waals surface area (Å²) in [5.74, 6) is 0.624. The molecule has 1 fully saturated rings. The van der Waals surface area contributed by atoms with Gasteiger partial charge in [0.2, 0.25) is 0 Å². The van der Waals surface area contributed by atoms with Crippen molar-refractivity contribution in [2.45, 2.75) is 73.1 Å². The minimum Gasteiger partial charge on any atom is -0.377 e. The maximum absolute atomic E-state index is 6.04. The Morgan fingerprint density at radius 1 is 1.20 bits per heavy atom. The molecule has 3 nitrogen and oxygen atoms in total. The van der Waals surface area contributed by atoms with Crippen molar-refractivity contribution < 1.29 is 4.74 Å². The molecule has 1 N–H and O–H groups in total. The van der Waals surface area contributed by atoms with Crippen LogP contribution in [0.1, 0.15) is 54.9 Å². The Morgan fingerprint density at radius 3 is 2.25 bits per heavy atom. The van der Waals surface area contributed by atoms with Crippen LogP contribution in [0, 0.1) is 11.3 Å². The molecule has 120 valence electrons. The number of nitrogens with one attached hydrogen (secondary N) is 1. The van der Waals surface area contributed by atoms with Crippen LogP contribution in [0.15, 0.2) is 0 Å². The fraction of sp³-hybridized carbons (Fsp3) is 1.00. The lowest BCUT2D eigenvalue weighted by Crippen LogP contribution is -2.63. The summed E-state index contributed by atoms with van der Waals surface area (Å²) in [6, 6.07) is 1.13. The van der Waals surface area contributed by atoms with Gasteiger partial charge in [-0.2, -0.15) is 0 Å². The third kappa shape index (κ3) is 4.71. The second-order valence-electron chi connectivity index (χ2n) is 7.38. The Kier molecular flexibility index (Phi) is 6.96. The maximum Gasteiger partial charge on any atom is 0.0656 e. The summed E-state index contributed by atoms with van der Waals surface area (Å²) < 4.78 is 6.04. The monoisotopic (exact) mass is 284 g/mol. The average Bonchev–Trinajstić information content (AvgIpc) is 2.38. The number of hydrogen-bond donors (Lipinski definition) is 1. The lowest BCUT2D eigenvalue weighted by Gasteiger charge is -2.53. The van der Waals surface area contributed by atoms with Crippen LogP contribution in [0.3, 0.4) is 0 Å². The summed E-state index contributed by atoms with van der Waals surface area (Å²) in [5, 5.41) is 3.80. The first-order valence-electron chi connectivity index (χ1n) is 8.41. The molecular weight excluding hydrogens is 248 g/mol. The quantitative estimate of drug-likeness (QED) is 0.704. The van der Waals surface area contributed by atoms with Crippen molar-refractivity contribution in [3.8, 4) is 0 Å². The second-order valence-corrected chi connectivity index (χ2v) is 7.38. The summed E-state index contributed by atoms with van der Waals surface area (Å²) in [5.41, 5.74) is 0.256. The number of rotatable bonds is 9. The normalized spacial score (nSPS) is 26.9. The van der Waals surface area contributed by atoms with Gasteiger partial charge in [0.15, 0.2) is 0 Å². The predicted molar refractivity (Wildman–Crippen MR) is 87.1 cm³/mol. The molecule has 1 rings (SSSR count). The molecule has 0 aromatic heterocycles. The molecule has 1 saturated carbocycles. The molecule has 0 heterocycles. The third-order valence-electron chi connectivity index (χ3n) is 4.72. The maximum atomic E-state index is 6.04. The fourth-order valence-electron chi connectivity index (χ4n) is 3.02. The van der Waals surface area contributed by atoms with E-state index in [1.54, 1.807) is 0 Å². The molecular formula is C17H36N2O.